The zero-order chi connectivity index (χ0) is 17.4. The van der Waals surface area contributed by atoms with Gasteiger partial charge in [-0.15, -0.1) is 0 Å². The molecule has 3 heterocycles. The first-order valence-electron chi connectivity index (χ1n) is 9.00. The van der Waals surface area contributed by atoms with Crippen molar-refractivity contribution in [3.63, 3.8) is 0 Å². The smallest absolute Gasteiger partial charge is 0.242 e. The Kier molecular flexibility index (Phi) is 3.98. The normalized spacial score (nSPS) is 22.2. The quantitative estimate of drug-likeness (QED) is 0.856. The Hall–Kier alpha value is -2.37. The van der Waals surface area contributed by atoms with Gasteiger partial charge in [0.05, 0.1) is 5.69 Å². The number of anilines is 1. The van der Waals surface area contributed by atoms with Crippen molar-refractivity contribution in [3.05, 3.63) is 42.0 Å². The minimum Gasteiger partial charge on any atom is -0.347 e. The number of carbonyl (C=O) groups excluding carboxylic acids is 1. The summed E-state index contributed by atoms with van der Waals surface area (Å²) in [6.07, 6.45) is 10.1. The highest BCUT2D eigenvalue weighted by atomic mass is 16.2. The average molecular weight is 339 g/mol. The Labute approximate surface area is 148 Å². The molecule has 1 fully saturated rings. The minimum atomic E-state index is 0.00757. The third kappa shape index (κ3) is 2.90. The van der Waals surface area contributed by atoms with Crippen molar-refractivity contribution in [1.29, 1.82) is 0 Å². The van der Waals surface area contributed by atoms with Crippen LogP contribution in [-0.4, -0.2) is 52.5 Å². The zero-order valence-corrected chi connectivity index (χ0v) is 15.0. The van der Waals surface area contributed by atoms with Crippen LogP contribution in [0.3, 0.4) is 0 Å². The number of hydrogen-bond acceptors (Lipinski definition) is 4. The van der Waals surface area contributed by atoms with Crippen molar-refractivity contribution < 1.29 is 4.79 Å². The lowest BCUT2D eigenvalue weighted by Crippen LogP contribution is -2.48. The van der Waals surface area contributed by atoms with Gasteiger partial charge in [-0.1, -0.05) is 0 Å². The van der Waals surface area contributed by atoms with Gasteiger partial charge in [0.2, 0.25) is 11.9 Å². The molecule has 1 amide bonds. The maximum absolute atomic E-state index is 12.8. The molecule has 1 spiro atoms. The zero-order valence-electron chi connectivity index (χ0n) is 15.0. The Balaban J connectivity index is 1.57. The van der Waals surface area contributed by atoms with E-state index in [1.807, 2.05) is 59.2 Å². The standard InChI is InChI=1S/C19H25N5O/c1-22(2)18-20-12-15-6-8-19(17(15)21-18)7-5-11-24(14-19)16(25)13-23-9-3-4-10-23/h3-4,9-10,12H,5-8,11,13-14H2,1-2H3. The van der Waals surface area contributed by atoms with Crippen LogP contribution in [0.4, 0.5) is 5.95 Å². The Morgan fingerprint density at radius 3 is 2.84 bits per heavy atom. The second kappa shape index (κ2) is 6.17. The van der Waals surface area contributed by atoms with Gasteiger partial charge in [0.25, 0.3) is 0 Å². The number of fused-ring (bicyclic) bond motifs is 2. The van der Waals surface area contributed by atoms with Crippen molar-refractivity contribution in [2.45, 2.75) is 37.6 Å². The number of aryl methyl sites for hydroxylation is 1. The highest BCUT2D eigenvalue weighted by Gasteiger charge is 2.44. The summed E-state index contributed by atoms with van der Waals surface area (Å²) in [5.41, 5.74) is 2.43. The maximum Gasteiger partial charge on any atom is 0.242 e. The highest BCUT2D eigenvalue weighted by Crippen LogP contribution is 2.44. The average Bonchev–Trinajstić information content (AvgIpc) is 3.24. The van der Waals surface area contributed by atoms with Crippen LogP contribution in [0.25, 0.3) is 0 Å². The Bertz CT molecular complexity index is 766. The molecule has 2 aliphatic rings. The number of nitrogens with zero attached hydrogens (tertiary/aromatic N) is 5. The molecule has 6 heteroatoms. The lowest BCUT2D eigenvalue weighted by molar-refractivity contribution is -0.134. The number of carbonyl (C=O) groups is 1. The molecule has 1 atom stereocenters. The Morgan fingerprint density at radius 1 is 1.28 bits per heavy atom. The molecule has 0 N–H and O–H groups in total. The lowest BCUT2D eigenvalue weighted by Gasteiger charge is -2.40. The van der Waals surface area contributed by atoms with Crippen LogP contribution >= 0.6 is 0 Å². The number of hydrogen-bond donors (Lipinski definition) is 0. The number of amides is 1. The Morgan fingerprint density at radius 2 is 2.08 bits per heavy atom. The fraction of sp³-hybridized carbons (Fsp3) is 0.526. The molecule has 0 saturated carbocycles. The SMILES string of the molecule is CN(C)c1ncc2c(n1)C1(CCCN(C(=O)Cn3cccc3)C1)CC2. The summed E-state index contributed by atoms with van der Waals surface area (Å²) in [6.45, 7) is 2.05. The molecule has 132 valence electrons. The van der Waals surface area contributed by atoms with Gasteiger partial charge in [-0.3, -0.25) is 4.79 Å². The summed E-state index contributed by atoms with van der Waals surface area (Å²) in [6, 6.07) is 3.91. The molecule has 0 bridgehead atoms. The van der Waals surface area contributed by atoms with Crippen molar-refractivity contribution in [2.24, 2.45) is 0 Å². The van der Waals surface area contributed by atoms with E-state index in [0.717, 1.165) is 44.7 Å². The first-order valence-corrected chi connectivity index (χ1v) is 9.00. The van der Waals surface area contributed by atoms with Crippen LogP contribution in [0.5, 0.6) is 0 Å². The van der Waals surface area contributed by atoms with Crippen LogP contribution in [0.15, 0.2) is 30.7 Å². The van der Waals surface area contributed by atoms with Gasteiger partial charge in [-0.2, -0.15) is 0 Å². The highest BCUT2D eigenvalue weighted by molar-refractivity contribution is 5.76. The first-order chi connectivity index (χ1) is 12.1. The summed E-state index contributed by atoms with van der Waals surface area (Å²) in [5, 5.41) is 0. The molecule has 0 aromatic carbocycles. The van der Waals surface area contributed by atoms with E-state index in [2.05, 4.69) is 4.98 Å². The molecule has 4 rings (SSSR count). The van der Waals surface area contributed by atoms with Crippen molar-refractivity contribution in [2.75, 3.05) is 32.1 Å². The number of aromatic nitrogens is 3. The van der Waals surface area contributed by atoms with Gasteiger partial charge in [0.15, 0.2) is 0 Å². The number of piperidine rings is 1. The summed E-state index contributed by atoms with van der Waals surface area (Å²) < 4.78 is 1.94. The minimum absolute atomic E-state index is 0.00757. The maximum atomic E-state index is 12.8. The van der Waals surface area contributed by atoms with Crippen LogP contribution < -0.4 is 4.90 Å². The van der Waals surface area contributed by atoms with Crippen LogP contribution in [0.2, 0.25) is 0 Å². The monoisotopic (exact) mass is 339 g/mol. The first kappa shape index (κ1) is 16.1. The summed E-state index contributed by atoms with van der Waals surface area (Å²) >= 11 is 0. The molecule has 2 aromatic heterocycles. The van der Waals surface area contributed by atoms with Crippen molar-refractivity contribution >= 4 is 11.9 Å². The summed E-state index contributed by atoms with van der Waals surface area (Å²) in [4.78, 5) is 26.1. The van der Waals surface area contributed by atoms with E-state index in [-0.39, 0.29) is 11.3 Å². The van der Waals surface area contributed by atoms with E-state index in [4.69, 9.17) is 4.98 Å². The van der Waals surface area contributed by atoms with E-state index in [1.54, 1.807) is 0 Å². The lowest BCUT2D eigenvalue weighted by atomic mass is 9.77. The topological polar surface area (TPSA) is 54.3 Å². The van der Waals surface area contributed by atoms with Crippen molar-refractivity contribution in [3.8, 4) is 0 Å². The molecule has 1 aliphatic carbocycles. The largest absolute Gasteiger partial charge is 0.347 e. The number of likely N-dealkylation sites (tertiary alicyclic amines) is 1. The van der Waals surface area contributed by atoms with Gasteiger partial charge in [0.1, 0.15) is 6.54 Å². The van der Waals surface area contributed by atoms with E-state index in [0.29, 0.717) is 6.54 Å². The molecule has 1 aliphatic heterocycles. The molecule has 1 unspecified atom stereocenters. The second-order valence-electron chi connectivity index (χ2n) is 7.49. The molecule has 6 nitrogen and oxygen atoms in total. The fourth-order valence-electron chi connectivity index (χ4n) is 4.22. The molecular formula is C19H25N5O. The summed E-state index contributed by atoms with van der Waals surface area (Å²) in [7, 11) is 3.94. The summed E-state index contributed by atoms with van der Waals surface area (Å²) in [5.74, 6) is 0.960. The predicted molar refractivity (Wildman–Crippen MR) is 96.6 cm³/mol. The second-order valence-corrected chi connectivity index (χ2v) is 7.49. The van der Waals surface area contributed by atoms with Gasteiger partial charge < -0.3 is 14.4 Å². The number of rotatable bonds is 3. The predicted octanol–water partition coefficient (Wildman–Crippen LogP) is 1.85. The molecule has 25 heavy (non-hydrogen) atoms. The van der Waals surface area contributed by atoms with Gasteiger partial charge in [-0.05, 0) is 43.4 Å². The molecule has 0 radical (unpaired) electrons. The van der Waals surface area contributed by atoms with Crippen LogP contribution in [0.1, 0.15) is 30.5 Å². The fourth-order valence-corrected chi connectivity index (χ4v) is 4.22. The molecular weight excluding hydrogens is 314 g/mol. The van der Waals surface area contributed by atoms with E-state index in [9.17, 15) is 4.79 Å². The third-order valence-electron chi connectivity index (χ3n) is 5.54. The van der Waals surface area contributed by atoms with Crippen molar-refractivity contribution in [1.82, 2.24) is 19.4 Å². The van der Waals surface area contributed by atoms with Gasteiger partial charge >= 0.3 is 0 Å². The third-order valence-corrected chi connectivity index (χ3v) is 5.54. The van der Waals surface area contributed by atoms with E-state index in [1.165, 1.54) is 11.3 Å². The van der Waals surface area contributed by atoms with E-state index >= 15 is 0 Å². The van der Waals surface area contributed by atoms with Crippen LogP contribution in [-0.2, 0) is 23.2 Å². The van der Waals surface area contributed by atoms with Gasteiger partial charge in [0, 0.05) is 51.2 Å². The molecule has 1 saturated heterocycles. The molecule has 2 aromatic rings. The van der Waals surface area contributed by atoms with Crippen LogP contribution in [0, 0.1) is 0 Å². The van der Waals surface area contributed by atoms with E-state index < -0.39 is 0 Å². The van der Waals surface area contributed by atoms with Gasteiger partial charge in [-0.25, -0.2) is 9.97 Å².